The van der Waals surface area contributed by atoms with Crippen molar-refractivity contribution in [3.63, 3.8) is 0 Å². The zero-order valence-electron chi connectivity index (χ0n) is 14.2. The van der Waals surface area contributed by atoms with Gasteiger partial charge in [-0.15, -0.1) is 0 Å². The summed E-state index contributed by atoms with van der Waals surface area (Å²) in [5, 5.41) is 3.45. The largest absolute Gasteiger partial charge is 0.314 e. The fourth-order valence-corrected chi connectivity index (χ4v) is 3.27. The van der Waals surface area contributed by atoms with E-state index in [2.05, 4.69) is 65.4 Å². The highest BCUT2D eigenvalue weighted by molar-refractivity contribution is 5.28. The number of nitrogens with zero attached hydrogens (tertiary/aromatic N) is 2. The van der Waals surface area contributed by atoms with Gasteiger partial charge in [0.2, 0.25) is 0 Å². The number of pyridine rings is 1. The maximum absolute atomic E-state index is 4.54. The molecule has 1 aliphatic heterocycles. The highest BCUT2D eigenvalue weighted by Crippen LogP contribution is 2.26. The van der Waals surface area contributed by atoms with E-state index in [9.17, 15) is 0 Å². The smallest absolute Gasteiger partial charge is 0.0422 e. The van der Waals surface area contributed by atoms with Crippen molar-refractivity contribution in [2.24, 2.45) is 0 Å². The Balaban J connectivity index is 1.84. The molecule has 0 bridgehead atoms. The summed E-state index contributed by atoms with van der Waals surface area (Å²) in [5.41, 5.74) is 3.98. The lowest BCUT2D eigenvalue weighted by Crippen LogP contribution is -2.45. The van der Waals surface area contributed by atoms with Crippen molar-refractivity contribution in [2.75, 3.05) is 26.2 Å². The topological polar surface area (TPSA) is 28.2 Å². The van der Waals surface area contributed by atoms with Crippen molar-refractivity contribution in [3.05, 3.63) is 65.5 Å². The Morgan fingerprint density at radius 2 is 1.70 bits per heavy atom. The third kappa shape index (κ3) is 4.18. The molecule has 1 N–H and O–H groups in total. The number of aromatic nitrogens is 1. The number of rotatable bonds is 5. The van der Waals surface area contributed by atoms with E-state index in [1.54, 1.807) is 0 Å². The van der Waals surface area contributed by atoms with Crippen LogP contribution in [0, 0.1) is 0 Å². The molecule has 1 aromatic heterocycles. The summed E-state index contributed by atoms with van der Waals surface area (Å²) in [4.78, 5) is 7.14. The Morgan fingerprint density at radius 3 is 2.30 bits per heavy atom. The van der Waals surface area contributed by atoms with Crippen molar-refractivity contribution in [2.45, 2.75) is 32.2 Å². The summed E-state index contributed by atoms with van der Waals surface area (Å²) in [6, 6.07) is 15.8. The number of benzene rings is 1. The predicted octanol–water partition coefficient (Wildman–Crippen LogP) is 3.39. The second-order valence-corrected chi connectivity index (χ2v) is 6.65. The fourth-order valence-electron chi connectivity index (χ4n) is 3.27. The summed E-state index contributed by atoms with van der Waals surface area (Å²) < 4.78 is 0. The number of hydrogen-bond donors (Lipinski definition) is 1. The van der Waals surface area contributed by atoms with Gasteiger partial charge in [0.15, 0.2) is 0 Å². The van der Waals surface area contributed by atoms with E-state index in [0.717, 1.165) is 32.6 Å². The average Bonchev–Trinajstić information content (AvgIpc) is 2.61. The Bertz CT molecular complexity index is 586. The van der Waals surface area contributed by atoms with E-state index >= 15 is 0 Å². The fraction of sp³-hybridized carbons (Fsp3) is 0.450. The zero-order chi connectivity index (χ0) is 16.1. The van der Waals surface area contributed by atoms with Gasteiger partial charge in [-0.05, 0) is 29.2 Å². The first-order valence-corrected chi connectivity index (χ1v) is 8.68. The molecule has 2 heterocycles. The summed E-state index contributed by atoms with van der Waals surface area (Å²) in [6.07, 6.45) is 2.87. The third-order valence-corrected chi connectivity index (χ3v) is 4.71. The summed E-state index contributed by atoms with van der Waals surface area (Å²) in [7, 11) is 0. The van der Waals surface area contributed by atoms with E-state index in [4.69, 9.17) is 0 Å². The summed E-state index contributed by atoms with van der Waals surface area (Å²) in [5.74, 6) is 0.581. The molecule has 1 unspecified atom stereocenters. The first kappa shape index (κ1) is 16.2. The van der Waals surface area contributed by atoms with Gasteiger partial charge >= 0.3 is 0 Å². The van der Waals surface area contributed by atoms with Gasteiger partial charge < -0.3 is 5.32 Å². The molecule has 3 nitrogen and oxygen atoms in total. The van der Waals surface area contributed by atoms with Crippen molar-refractivity contribution in [3.8, 4) is 0 Å². The maximum atomic E-state index is 4.54. The average molecular weight is 309 g/mol. The second kappa shape index (κ2) is 7.71. The van der Waals surface area contributed by atoms with Gasteiger partial charge in [0.1, 0.15) is 0 Å². The highest BCUT2D eigenvalue weighted by atomic mass is 15.2. The monoisotopic (exact) mass is 309 g/mol. The lowest BCUT2D eigenvalue weighted by Gasteiger charge is -2.35. The van der Waals surface area contributed by atoms with Crippen LogP contribution in [0.5, 0.6) is 0 Å². The predicted molar refractivity (Wildman–Crippen MR) is 95.7 cm³/mol. The number of piperazine rings is 1. The minimum absolute atomic E-state index is 0.410. The molecule has 1 aromatic carbocycles. The lowest BCUT2D eigenvalue weighted by atomic mass is 9.95. The third-order valence-electron chi connectivity index (χ3n) is 4.71. The van der Waals surface area contributed by atoms with Gasteiger partial charge in [-0.25, -0.2) is 0 Å². The van der Waals surface area contributed by atoms with Crippen molar-refractivity contribution < 1.29 is 0 Å². The van der Waals surface area contributed by atoms with Crippen LogP contribution < -0.4 is 5.32 Å². The van der Waals surface area contributed by atoms with Gasteiger partial charge in [0.05, 0.1) is 0 Å². The van der Waals surface area contributed by atoms with Crippen molar-refractivity contribution in [1.82, 2.24) is 15.2 Å². The van der Waals surface area contributed by atoms with E-state index in [-0.39, 0.29) is 0 Å². The molecule has 2 aromatic rings. The molecule has 3 heteroatoms. The molecule has 0 spiro atoms. The Kier molecular flexibility index (Phi) is 5.42. The van der Waals surface area contributed by atoms with Crippen LogP contribution in [0.2, 0.25) is 0 Å². The summed E-state index contributed by atoms with van der Waals surface area (Å²) in [6.45, 7) is 8.84. The molecular weight excluding hydrogens is 282 g/mol. The molecule has 1 fully saturated rings. The SMILES string of the molecule is CC(C)c1ccc(C(Cc2ccccn2)N2CCNCC2)cc1. The molecule has 1 aliphatic rings. The number of hydrogen-bond acceptors (Lipinski definition) is 3. The Morgan fingerprint density at radius 1 is 1.00 bits per heavy atom. The Labute approximate surface area is 139 Å². The van der Waals surface area contributed by atoms with Gasteiger partial charge in [0.25, 0.3) is 0 Å². The van der Waals surface area contributed by atoms with Crippen molar-refractivity contribution in [1.29, 1.82) is 0 Å². The van der Waals surface area contributed by atoms with Crippen LogP contribution in [-0.4, -0.2) is 36.1 Å². The van der Waals surface area contributed by atoms with Crippen LogP contribution in [-0.2, 0) is 6.42 Å². The molecule has 122 valence electrons. The van der Waals surface area contributed by atoms with Crippen LogP contribution in [0.1, 0.15) is 42.6 Å². The van der Waals surface area contributed by atoms with Gasteiger partial charge in [0, 0.05) is 50.5 Å². The van der Waals surface area contributed by atoms with E-state index in [0.29, 0.717) is 12.0 Å². The lowest BCUT2D eigenvalue weighted by molar-refractivity contribution is 0.171. The van der Waals surface area contributed by atoms with Gasteiger partial charge in [-0.1, -0.05) is 44.2 Å². The summed E-state index contributed by atoms with van der Waals surface area (Å²) >= 11 is 0. The van der Waals surface area contributed by atoms with Crippen LogP contribution in [0.3, 0.4) is 0 Å². The molecule has 1 saturated heterocycles. The van der Waals surface area contributed by atoms with Crippen LogP contribution >= 0.6 is 0 Å². The molecule has 0 aliphatic carbocycles. The minimum Gasteiger partial charge on any atom is -0.314 e. The van der Waals surface area contributed by atoms with Crippen LogP contribution in [0.15, 0.2) is 48.7 Å². The Hall–Kier alpha value is -1.71. The molecule has 1 atom stereocenters. The van der Waals surface area contributed by atoms with Gasteiger partial charge in [-0.2, -0.15) is 0 Å². The minimum atomic E-state index is 0.410. The van der Waals surface area contributed by atoms with Crippen LogP contribution in [0.25, 0.3) is 0 Å². The first-order valence-electron chi connectivity index (χ1n) is 8.68. The second-order valence-electron chi connectivity index (χ2n) is 6.65. The van der Waals surface area contributed by atoms with Crippen molar-refractivity contribution >= 4 is 0 Å². The maximum Gasteiger partial charge on any atom is 0.0422 e. The molecule has 0 saturated carbocycles. The molecule has 3 rings (SSSR count). The van der Waals surface area contributed by atoms with Gasteiger partial charge in [-0.3, -0.25) is 9.88 Å². The highest BCUT2D eigenvalue weighted by Gasteiger charge is 2.23. The quantitative estimate of drug-likeness (QED) is 0.917. The molecule has 0 radical (unpaired) electrons. The first-order chi connectivity index (χ1) is 11.2. The molecule has 0 amide bonds. The zero-order valence-corrected chi connectivity index (χ0v) is 14.2. The standard InChI is InChI=1S/C20H27N3/c1-16(2)17-6-8-18(9-7-17)20(23-13-11-21-12-14-23)15-19-5-3-4-10-22-19/h3-10,16,20-21H,11-15H2,1-2H3. The normalized spacial score (nSPS) is 17.3. The van der Waals surface area contributed by atoms with Crippen LogP contribution in [0.4, 0.5) is 0 Å². The number of nitrogens with one attached hydrogen (secondary N) is 1. The molecular formula is C20H27N3. The van der Waals surface area contributed by atoms with E-state index < -0.39 is 0 Å². The van der Waals surface area contributed by atoms with E-state index in [1.807, 2.05) is 12.3 Å². The molecule has 23 heavy (non-hydrogen) atoms. The van der Waals surface area contributed by atoms with E-state index in [1.165, 1.54) is 16.8 Å².